The van der Waals surface area contributed by atoms with Gasteiger partial charge in [-0.3, -0.25) is 25.0 Å². The Morgan fingerprint density at radius 1 is 0.906 bits per heavy atom. The Morgan fingerprint density at radius 2 is 1.53 bits per heavy atom. The Hall–Kier alpha value is -3.87. The molecule has 32 heavy (non-hydrogen) atoms. The minimum absolute atomic E-state index is 0.0732. The highest BCUT2D eigenvalue weighted by molar-refractivity contribution is 5.95. The molecule has 1 aromatic heterocycles. The fraction of sp³-hybridized carbons (Fsp3) is 0.421. The minimum Gasteiger partial charge on any atom is -0.378 e. The van der Waals surface area contributed by atoms with Gasteiger partial charge in [-0.15, -0.1) is 0 Å². The molecule has 0 spiro atoms. The lowest BCUT2D eigenvalue weighted by Gasteiger charge is -2.36. The molecule has 0 N–H and O–H groups in total. The van der Waals surface area contributed by atoms with Crippen molar-refractivity contribution in [2.45, 2.75) is 0 Å². The quantitative estimate of drug-likeness (QED) is 0.485. The summed E-state index contributed by atoms with van der Waals surface area (Å²) < 4.78 is 5.36. The van der Waals surface area contributed by atoms with Crippen LogP contribution >= 0.6 is 0 Å². The lowest BCUT2D eigenvalue weighted by molar-refractivity contribution is -0.394. The number of non-ortho nitro benzene ring substituents is 2. The Balaban J connectivity index is 1.44. The number of morpholine rings is 1. The van der Waals surface area contributed by atoms with E-state index >= 15 is 0 Å². The molecule has 2 aromatic rings. The van der Waals surface area contributed by atoms with Crippen molar-refractivity contribution >= 4 is 29.0 Å². The number of piperazine rings is 1. The predicted molar refractivity (Wildman–Crippen MR) is 113 cm³/mol. The summed E-state index contributed by atoms with van der Waals surface area (Å²) in [5.74, 6) is 0.904. The monoisotopic (exact) mass is 443 g/mol. The van der Waals surface area contributed by atoms with Crippen LogP contribution in [0.3, 0.4) is 0 Å². The number of carbonyl (C=O) groups is 1. The van der Waals surface area contributed by atoms with Crippen molar-refractivity contribution < 1.29 is 19.4 Å². The molecule has 0 aliphatic carbocycles. The van der Waals surface area contributed by atoms with E-state index in [1.54, 1.807) is 6.20 Å². The van der Waals surface area contributed by atoms with E-state index in [0.29, 0.717) is 45.3 Å². The zero-order valence-corrected chi connectivity index (χ0v) is 17.1. The third-order valence-corrected chi connectivity index (χ3v) is 5.38. The average Bonchev–Trinajstić information content (AvgIpc) is 2.84. The van der Waals surface area contributed by atoms with E-state index in [1.165, 1.54) is 4.90 Å². The normalized spacial score (nSPS) is 16.7. The molecule has 2 aliphatic heterocycles. The van der Waals surface area contributed by atoms with Gasteiger partial charge in [0.05, 0.1) is 34.7 Å². The molecule has 168 valence electrons. The van der Waals surface area contributed by atoms with Crippen LogP contribution in [0.25, 0.3) is 0 Å². The van der Waals surface area contributed by atoms with Crippen LogP contribution < -0.4 is 9.80 Å². The summed E-state index contributed by atoms with van der Waals surface area (Å²) in [7, 11) is 0. The van der Waals surface area contributed by atoms with Crippen molar-refractivity contribution in [1.82, 2.24) is 14.9 Å². The van der Waals surface area contributed by atoms with Crippen molar-refractivity contribution in [2.24, 2.45) is 0 Å². The molecule has 3 heterocycles. The van der Waals surface area contributed by atoms with Gasteiger partial charge >= 0.3 is 0 Å². The molecule has 13 nitrogen and oxygen atoms in total. The number of hydrogen-bond acceptors (Lipinski definition) is 10. The standard InChI is InChI=1S/C19H21N7O6/c27-18(14-11-15(25(28)29)13-16(12-14)26(30)31)23-5-3-22(4-6-23)17-1-2-20-19(21-17)24-7-9-32-10-8-24/h1-2,11-13H,3-10H2. The van der Waals surface area contributed by atoms with E-state index in [4.69, 9.17) is 4.74 Å². The maximum absolute atomic E-state index is 12.9. The second-order valence-corrected chi connectivity index (χ2v) is 7.35. The summed E-state index contributed by atoms with van der Waals surface area (Å²) in [5, 5.41) is 22.2. The second-order valence-electron chi connectivity index (χ2n) is 7.35. The summed E-state index contributed by atoms with van der Waals surface area (Å²) in [6, 6.07) is 4.79. The van der Waals surface area contributed by atoms with Crippen LogP contribution in [-0.4, -0.2) is 83.1 Å². The van der Waals surface area contributed by atoms with Crippen LogP contribution in [0.1, 0.15) is 10.4 Å². The van der Waals surface area contributed by atoms with Gasteiger partial charge in [0.2, 0.25) is 5.95 Å². The number of hydrogen-bond donors (Lipinski definition) is 0. The number of carbonyl (C=O) groups excluding carboxylic acids is 1. The number of nitro groups is 2. The highest BCUT2D eigenvalue weighted by Crippen LogP contribution is 2.24. The molecule has 1 amide bonds. The van der Waals surface area contributed by atoms with Crippen molar-refractivity contribution in [3.63, 3.8) is 0 Å². The lowest BCUT2D eigenvalue weighted by atomic mass is 10.1. The van der Waals surface area contributed by atoms with E-state index in [-0.39, 0.29) is 5.56 Å². The molecule has 0 bridgehead atoms. The SMILES string of the molecule is O=C(c1cc([N+](=O)[O-])cc([N+](=O)[O-])c1)N1CCN(c2ccnc(N3CCOCC3)n2)CC1. The molecule has 2 fully saturated rings. The lowest BCUT2D eigenvalue weighted by Crippen LogP contribution is -2.49. The second kappa shape index (κ2) is 9.09. The molecule has 1 aromatic carbocycles. The predicted octanol–water partition coefficient (Wildman–Crippen LogP) is 1.09. The van der Waals surface area contributed by atoms with Crippen LogP contribution in [0.15, 0.2) is 30.5 Å². The molecule has 13 heteroatoms. The summed E-state index contributed by atoms with van der Waals surface area (Å²) in [4.78, 5) is 48.2. The third-order valence-electron chi connectivity index (χ3n) is 5.38. The van der Waals surface area contributed by atoms with Crippen molar-refractivity contribution in [3.8, 4) is 0 Å². The fourth-order valence-electron chi connectivity index (χ4n) is 3.68. The van der Waals surface area contributed by atoms with Crippen LogP contribution in [0.2, 0.25) is 0 Å². The van der Waals surface area contributed by atoms with Gasteiger partial charge in [-0.2, -0.15) is 4.98 Å². The van der Waals surface area contributed by atoms with Gasteiger partial charge in [0.15, 0.2) is 0 Å². The molecule has 4 rings (SSSR count). The Labute approximate surface area is 182 Å². The van der Waals surface area contributed by atoms with Gasteiger partial charge in [-0.25, -0.2) is 4.98 Å². The summed E-state index contributed by atoms with van der Waals surface area (Å²) >= 11 is 0. The van der Waals surface area contributed by atoms with Gasteiger partial charge in [-0.1, -0.05) is 0 Å². The molecule has 2 saturated heterocycles. The number of ether oxygens (including phenoxy) is 1. The molecular weight excluding hydrogens is 422 g/mol. The van der Waals surface area contributed by atoms with Crippen molar-refractivity contribution in [3.05, 3.63) is 56.3 Å². The molecule has 0 radical (unpaired) electrons. The van der Waals surface area contributed by atoms with Gasteiger partial charge < -0.3 is 19.4 Å². The molecule has 0 saturated carbocycles. The third kappa shape index (κ3) is 4.56. The molecule has 0 atom stereocenters. The smallest absolute Gasteiger partial charge is 0.277 e. The first-order chi connectivity index (χ1) is 15.4. The highest BCUT2D eigenvalue weighted by Gasteiger charge is 2.27. The fourth-order valence-corrected chi connectivity index (χ4v) is 3.68. The number of amides is 1. The van der Waals surface area contributed by atoms with E-state index in [2.05, 4.69) is 14.9 Å². The summed E-state index contributed by atoms with van der Waals surface area (Å²) in [5.41, 5.74) is -1.05. The Kier molecular flexibility index (Phi) is 6.07. The van der Waals surface area contributed by atoms with Crippen molar-refractivity contribution in [2.75, 3.05) is 62.3 Å². The molecule has 0 unspecified atom stereocenters. The van der Waals surface area contributed by atoms with E-state index in [1.807, 2.05) is 11.0 Å². The van der Waals surface area contributed by atoms with Crippen LogP contribution in [0, 0.1) is 20.2 Å². The average molecular weight is 443 g/mol. The van der Waals surface area contributed by atoms with E-state index in [9.17, 15) is 25.0 Å². The number of anilines is 2. The molecular formula is C19H21N7O6. The highest BCUT2D eigenvalue weighted by atomic mass is 16.6. The number of rotatable bonds is 5. The summed E-state index contributed by atoms with van der Waals surface area (Å²) in [6.07, 6.45) is 1.70. The first-order valence-electron chi connectivity index (χ1n) is 10.1. The zero-order valence-electron chi connectivity index (χ0n) is 17.1. The number of aromatic nitrogens is 2. The van der Waals surface area contributed by atoms with Crippen LogP contribution in [0.4, 0.5) is 23.1 Å². The Morgan fingerprint density at radius 3 is 2.12 bits per heavy atom. The van der Waals surface area contributed by atoms with E-state index < -0.39 is 27.1 Å². The Bertz CT molecular complexity index is 1000. The van der Waals surface area contributed by atoms with Gasteiger partial charge in [0, 0.05) is 57.6 Å². The number of nitro benzene ring substituents is 2. The van der Waals surface area contributed by atoms with Crippen molar-refractivity contribution in [1.29, 1.82) is 0 Å². The maximum atomic E-state index is 12.9. The first-order valence-corrected chi connectivity index (χ1v) is 10.1. The minimum atomic E-state index is -0.747. The topological polar surface area (TPSA) is 148 Å². The van der Waals surface area contributed by atoms with Gasteiger partial charge in [0.25, 0.3) is 17.3 Å². The number of nitrogens with zero attached hydrogens (tertiary/aromatic N) is 7. The largest absolute Gasteiger partial charge is 0.378 e. The summed E-state index contributed by atoms with van der Waals surface area (Å²) in [6.45, 7) is 4.42. The zero-order chi connectivity index (χ0) is 22.7. The van der Waals surface area contributed by atoms with Gasteiger partial charge in [0.1, 0.15) is 5.82 Å². The van der Waals surface area contributed by atoms with Crippen LogP contribution in [0.5, 0.6) is 0 Å². The van der Waals surface area contributed by atoms with E-state index in [0.717, 1.165) is 37.1 Å². The number of benzene rings is 1. The van der Waals surface area contributed by atoms with Crippen LogP contribution in [-0.2, 0) is 4.74 Å². The van der Waals surface area contributed by atoms with Gasteiger partial charge in [-0.05, 0) is 6.07 Å². The molecule has 2 aliphatic rings. The maximum Gasteiger partial charge on any atom is 0.277 e. The first kappa shape index (κ1) is 21.4.